The van der Waals surface area contributed by atoms with E-state index in [0.29, 0.717) is 52.5 Å². The normalized spacial score (nSPS) is 32.9. The monoisotopic (exact) mass is 390 g/mol. The van der Waals surface area contributed by atoms with Gasteiger partial charge in [-0.1, -0.05) is 18.2 Å². The van der Waals surface area contributed by atoms with E-state index in [1.165, 1.54) is 0 Å². The molecule has 0 unspecified atom stereocenters. The molecule has 0 bridgehead atoms. The van der Waals surface area contributed by atoms with Crippen molar-refractivity contribution < 1.29 is 24.1 Å². The number of aliphatic hydroxyl groups is 1. The summed E-state index contributed by atoms with van der Waals surface area (Å²) in [5.41, 5.74) is 0.212. The van der Waals surface area contributed by atoms with Gasteiger partial charge >= 0.3 is 0 Å². The number of methoxy groups -OCH3 is 1. The van der Waals surface area contributed by atoms with Crippen molar-refractivity contribution in [3.8, 4) is 5.75 Å². The molecule has 0 aliphatic carbocycles. The number of benzene rings is 1. The average Bonchev–Trinajstić information content (AvgIpc) is 2.73. The number of piperidine rings is 1. The first-order chi connectivity index (χ1) is 13.6. The van der Waals surface area contributed by atoms with Crippen LogP contribution in [-0.4, -0.2) is 74.2 Å². The molecule has 3 fully saturated rings. The lowest BCUT2D eigenvalue weighted by atomic mass is 9.66. The summed E-state index contributed by atoms with van der Waals surface area (Å²) in [7, 11) is 1.63. The third kappa shape index (κ3) is 3.76. The fourth-order valence-electron chi connectivity index (χ4n) is 5.03. The first-order valence-corrected chi connectivity index (χ1v) is 10.1. The van der Waals surface area contributed by atoms with Crippen molar-refractivity contribution in [2.45, 2.75) is 31.0 Å². The van der Waals surface area contributed by atoms with Gasteiger partial charge in [0.05, 0.1) is 32.5 Å². The van der Waals surface area contributed by atoms with Gasteiger partial charge in [-0.05, 0) is 12.5 Å². The highest BCUT2D eigenvalue weighted by Crippen LogP contribution is 2.44. The van der Waals surface area contributed by atoms with E-state index in [-0.39, 0.29) is 23.8 Å². The summed E-state index contributed by atoms with van der Waals surface area (Å²) in [6.07, 6.45) is 1.50. The summed E-state index contributed by atoms with van der Waals surface area (Å²) in [5, 5.41) is 14.4. The van der Waals surface area contributed by atoms with Crippen LogP contribution in [0.25, 0.3) is 0 Å². The molecule has 1 aromatic carbocycles. The van der Waals surface area contributed by atoms with Crippen LogP contribution in [0, 0.1) is 11.8 Å². The Morgan fingerprint density at radius 2 is 2.14 bits per heavy atom. The number of amides is 1. The number of likely N-dealkylation sites (tertiary alicyclic amines) is 1. The molecular weight excluding hydrogens is 360 g/mol. The minimum atomic E-state index is -0.742. The second-order valence-electron chi connectivity index (χ2n) is 8.07. The van der Waals surface area contributed by atoms with Crippen molar-refractivity contribution in [3.63, 3.8) is 0 Å². The van der Waals surface area contributed by atoms with E-state index >= 15 is 0 Å². The van der Waals surface area contributed by atoms with Crippen LogP contribution in [0.3, 0.4) is 0 Å². The minimum absolute atomic E-state index is 0.0154. The standard InChI is InChI=1S/C21H30N2O5/c1-26-19-5-3-2-4-15(19)10-22-20(24)12-23-11-16-13-28-9-7-21(16,25)17-14-27-8-6-18(17)23/h2-5,16-18,25H,6-14H2,1H3,(H,22,24)/t16-,17+,18-,21-/m0/s1. The molecule has 3 heterocycles. The van der Waals surface area contributed by atoms with Gasteiger partial charge < -0.3 is 24.6 Å². The molecule has 1 amide bonds. The van der Waals surface area contributed by atoms with Crippen LogP contribution in [0.2, 0.25) is 0 Å². The lowest BCUT2D eigenvalue weighted by Crippen LogP contribution is -2.68. The molecule has 0 saturated carbocycles. The third-order valence-electron chi connectivity index (χ3n) is 6.57. The fourth-order valence-corrected chi connectivity index (χ4v) is 5.03. The van der Waals surface area contributed by atoms with Crippen LogP contribution in [0.5, 0.6) is 5.75 Å². The molecule has 0 radical (unpaired) electrons. The number of carbonyl (C=O) groups is 1. The van der Waals surface area contributed by atoms with Crippen LogP contribution >= 0.6 is 0 Å². The molecule has 154 valence electrons. The van der Waals surface area contributed by atoms with Gasteiger partial charge in [0.1, 0.15) is 5.75 Å². The van der Waals surface area contributed by atoms with Crippen LogP contribution in [0.4, 0.5) is 0 Å². The second-order valence-corrected chi connectivity index (χ2v) is 8.07. The molecule has 1 aromatic rings. The van der Waals surface area contributed by atoms with E-state index in [2.05, 4.69) is 10.2 Å². The van der Waals surface area contributed by atoms with E-state index in [1.54, 1.807) is 7.11 Å². The Bertz CT molecular complexity index is 699. The first kappa shape index (κ1) is 19.6. The highest BCUT2D eigenvalue weighted by molar-refractivity contribution is 5.78. The number of hydrogen-bond donors (Lipinski definition) is 2. The van der Waals surface area contributed by atoms with E-state index in [4.69, 9.17) is 14.2 Å². The van der Waals surface area contributed by atoms with Gasteiger partial charge in [0, 0.05) is 56.2 Å². The number of para-hydroxylation sites is 1. The molecule has 7 nitrogen and oxygen atoms in total. The number of carbonyl (C=O) groups excluding carboxylic acids is 1. The van der Waals surface area contributed by atoms with E-state index in [1.807, 2.05) is 24.3 Å². The molecule has 3 aliphatic heterocycles. The quantitative estimate of drug-likeness (QED) is 0.774. The number of nitrogens with zero attached hydrogens (tertiary/aromatic N) is 1. The zero-order valence-corrected chi connectivity index (χ0v) is 16.4. The Labute approximate surface area is 165 Å². The van der Waals surface area contributed by atoms with Gasteiger partial charge in [-0.2, -0.15) is 0 Å². The summed E-state index contributed by atoms with van der Waals surface area (Å²) in [6, 6.07) is 7.86. The summed E-state index contributed by atoms with van der Waals surface area (Å²) < 4.78 is 16.7. The van der Waals surface area contributed by atoms with Crippen molar-refractivity contribution in [2.75, 3.05) is 46.6 Å². The highest BCUT2D eigenvalue weighted by Gasteiger charge is 2.55. The second kappa shape index (κ2) is 8.37. The summed E-state index contributed by atoms with van der Waals surface area (Å²) in [5.74, 6) is 0.810. The predicted octanol–water partition coefficient (Wildman–Crippen LogP) is 0.800. The van der Waals surface area contributed by atoms with Crippen molar-refractivity contribution in [3.05, 3.63) is 29.8 Å². The number of fused-ring (bicyclic) bond motifs is 3. The predicted molar refractivity (Wildman–Crippen MR) is 103 cm³/mol. The van der Waals surface area contributed by atoms with Gasteiger partial charge in [0.15, 0.2) is 0 Å². The Morgan fingerprint density at radius 3 is 3.00 bits per heavy atom. The number of ether oxygens (including phenoxy) is 3. The van der Waals surface area contributed by atoms with Crippen LogP contribution in [0.15, 0.2) is 24.3 Å². The maximum absolute atomic E-state index is 12.7. The van der Waals surface area contributed by atoms with Crippen LogP contribution in [0.1, 0.15) is 18.4 Å². The Kier molecular flexibility index (Phi) is 5.87. The van der Waals surface area contributed by atoms with E-state index < -0.39 is 5.60 Å². The Balaban J connectivity index is 1.41. The zero-order valence-electron chi connectivity index (χ0n) is 16.4. The largest absolute Gasteiger partial charge is 0.496 e. The fraction of sp³-hybridized carbons (Fsp3) is 0.667. The number of rotatable bonds is 5. The molecule has 7 heteroatoms. The van der Waals surface area contributed by atoms with E-state index in [9.17, 15) is 9.90 Å². The average molecular weight is 390 g/mol. The third-order valence-corrected chi connectivity index (χ3v) is 6.57. The summed E-state index contributed by atoms with van der Waals surface area (Å²) in [6.45, 7) is 3.80. The smallest absolute Gasteiger partial charge is 0.234 e. The molecule has 4 atom stereocenters. The van der Waals surface area contributed by atoms with Crippen molar-refractivity contribution in [1.29, 1.82) is 0 Å². The Hall–Kier alpha value is -1.67. The first-order valence-electron chi connectivity index (χ1n) is 10.1. The lowest BCUT2D eigenvalue weighted by molar-refractivity contribution is -0.219. The van der Waals surface area contributed by atoms with Crippen molar-refractivity contribution >= 4 is 5.91 Å². The maximum Gasteiger partial charge on any atom is 0.234 e. The van der Waals surface area contributed by atoms with E-state index in [0.717, 1.165) is 17.7 Å². The zero-order chi connectivity index (χ0) is 19.6. The highest BCUT2D eigenvalue weighted by atomic mass is 16.5. The molecule has 0 spiro atoms. The van der Waals surface area contributed by atoms with Gasteiger partial charge in [-0.15, -0.1) is 0 Å². The summed E-state index contributed by atoms with van der Waals surface area (Å²) >= 11 is 0. The van der Waals surface area contributed by atoms with Crippen LogP contribution < -0.4 is 10.1 Å². The lowest BCUT2D eigenvalue weighted by Gasteiger charge is -2.57. The van der Waals surface area contributed by atoms with Crippen molar-refractivity contribution in [1.82, 2.24) is 10.2 Å². The molecular formula is C21H30N2O5. The SMILES string of the molecule is COc1ccccc1CNC(=O)CN1C[C@H]2COCC[C@@]2(O)[C@@H]2COCC[C@@H]21. The van der Waals surface area contributed by atoms with Crippen molar-refractivity contribution in [2.24, 2.45) is 11.8 Å². The minimum Gasteiger partial charge on any atom is -0.496 e. The molecule has 0 aromatic heterocycles. The summed E-state index contributed by atoms with van der Waals surface area (Å²) in [4.78, 5) is 14.9. The van der Waals surface area contributed by atoms with Gasteiger partial charge in [-0.3, -0.25) is 9.69 Å². The van der Waals surface area contributed by atoms with Gasteiger partial charge in [0.25, 0.3) is 0 Å². The van der Waals surface area contributed by atoms with Gasteiger partial charge in [-0.25, -0.2) is 0 Å². The topological polar surface area (TPSA) is 80.3 Å². The van der Waals surface area contributed by atoms with Crippen LogP contribution in [-0.2, 0) is 20.8 Å². The van der Waals surface area contributed by atoms with Gasteiger partial charge in [0.2, 0.25) is 5.91 Å². The molecule has 2 N–H and O–H groups in total. The Morgan fingerprint density at radius 1 is 1.32 bits per heavy atom. The molecule has 3 aliphatic rings. The maximum atomic E-state index is 12.7. The number of hydrogen-bond acceptors (Lipinski definition) is 6. The molecule has 4 rings (SSSR count). The number of nitrogens with one attached hydrogen (secondary N) is 1. The molecule has 28 heavy (non-hydrogen) atoms. The molecule has 3 saturated heterocycles.